The zero-order valence-corrected chi connectivity index (χ0v) is 6.31. The maximum atomic E-state index is 12.6. The summed E-state index contributed by atoms with van der Waals surface area (Å²) in [6.45, 7) is 0. The predicted octanol–water partition coefficient (Wildman–Crippen LogP) is 2.26. The summed E-state index contributed by atoms with van der Waals surface area (Å²) in [5.74, 6) is -0.273. The molecule has 0 radical (unpaired) electrons. The van der Waals surface area contributed by atoms with E-state index in [0.29, 0.717) is 19.3 Å². The van der Waals surface area contributed by atoms with Gasteiger partial charge in [0.1, 0.15) is 6.17 Å². The molecule has 0 aliphatic heterocycles. The van der Waals surface area contributed by atoms with Gasteiger partial charge in [-0.15, -0.1) is 11.6 Å². The lowest BCUT2D eigenvalue weighted by atomic mass is 9.89. The highest BCUT2D eigenvalue weighted by molar-refractivity contribution is 6.21. The Morgan fingerprint density at radius 2 is 2.20 bits per heavy atom. The highest BCUT2D eigenvalue weighted by Crippen LogP contribution is 2.29. The predicted molar refractivity (Wildman–Crippen MR) is 37.5 cm³/mol. The van der Waals surface area contributed by atoms with Crippen molar-refractivity contribution < 1.29 is 4.39 Å². The Hall–Kier alpha value is -0.290. The highest BCUT2D eigenvalue weighted by atomic mass is 35.5. The van der Waals surface area contributed by atoms with Gasteiger partial charge in [0.15, 0.2) is 0 Å². The van der Waals surface area contributed by atoms with Crippen LogP contribution in [0.2, 0.25) is 0 Å². The van der Waals surface area contributed by atoms with E-state index in [1.165, 1.54) is 0 Å². The van der Waals surface area contributed by atoms with E-state index >= 15 is 0 Å². The van der Waals surface area contributed by atoms with Crippen LogP contribution in [0.25, 0.3) is 0 Å². The Morgan fingerprint density at radius 1 is 1.50 bits per heavy atom. The lowest BCUT2D eigenvalue weighted by Crippen LogP contribution is -2.24. The first-order valence-electron chi connectivity index (χ1n) is 3.42. The Kier molecular flexibility index (Phi) is 2.50. The van der Waals surface area contributed by atoms with Gasteiger partial charge in [-0.25, -0.2) is 4.39 Å². The van der Waals surface area contributed by atoms with Gasteiger partial charge in [0.05, 0.1) is 12.0 Å². The van der Waals surface area contributed by atoms with Crippen molar-refractivity contribution in [2.75, 3.05) is 0 Å². The Balaban J connectivity index is 2.47. The van der Waals surface area contributed by atoms with Gasteiger partial charge in [-0.1, -0.05) is 0 Å². The van der Waals surface area contributed by atoms with Crippen molar-refractivity contribution >= 4 is 11.6 Å². The molecule has 1 aliphatic rings. The minimum absolute atomic E-state index is 0.128. The third-order valence-electron chi connectivity index (χ3n) is 1.87. The topological polar surface area (TPSA) is 23.8 Å². The summed E-state index contributed by atoms with van der Waals surface area (Å²) in [7, 11) is 0. The van der Waals surface area contributed by atoms with E-state index in [1.54, 1.807) is 0 Å². The zero-order chi connectivity index (χ0) is 7.56. The zero-order valence-electron chi connectivity index (χ0n) is 5.56. The van der Waals surface area contributed by atoms with Crippen molar-refractivity contribution in [3.05, 3.63) is 0 Å². The number of hydrogen-bond donors (Lipinski definition) is 0. The standard InChI is InChI=1S/C7H9ClFN/c8-7-2-1-6(9)3-5(7)4-10/h5-7H,1-3H2. The molecule has 1 saturated carbocycles. The molecule has 0 spiro atoms. The van der Waals surface area contributed by atoms with Gasteiger partial charge < -0.3 is 0 Å². The van der Waals surface area contributed by atoms with Crippen molar-refractivity contribution in [3.8, 4) is 6.07 Å². The Bertz CT molecular complexity index is 154. The Morgan fingerprint density at radius 3 is 2.70 bits per heavy atom. The molecule has 0 bridgehead atoms. The molecule has 1 fully saturated rings. The lowest BCUT2D eigenvalue weighted by Gasteiger charge is -2.23. The number of rotatable bonds is 0. The fraction of sp³-hybridized carbons (Fsp3) is 0.857. The smallest absolute Gasteiger partial charge is 0.101 e. The van der Waals surface area contributed by atoms with Crippen LogP contribution in [0.15, 0.2) is 0 Å². The van der Waals surface area contributed by atoms with Crippen LogP contribution in [0.4, 0.5) is 4.39 Å². The summed E-state index contributed by atoms with van der Waals surface area (Å²) in [5.41, 5.74) is 0. The van der Waals surface area contributed by atoms with Gasteiger partial charge >= 0.3 is 0 Å². The average molecular weight is 162 g/mol. The van der Waals surface area contributed by atoms with Crippen molar-refractivity contribution in [1.82, 2.24) is 0 Å². The van der Waals surface area contributed by atoms with Gasteiger partial charge in [-0.3, -0.25) is 0 Å². The van der Waals surface area contributed by atoms with Crippen molar-refractivity contribution in [2.24, 2.45) is 5.92 Å². The van der Waals surface area contributed by atoms with Crippen LogP contribution >= 0.6 is 11.6 Å². The minimum atomic E-state index is -0.806. The van der Waals surface area contributed by atoms with E-state index in [9.17, 15) is 4.39 Å². The second kappa shape index (κ2) is 3.21. The fourth-order valence-corrected chi connectivity index (χ4v) is 1.50. The van der Waals surface area contributed by atoms with E-state index in [1.807, 2.05) is 6.07 Å². The van der Waals surface area contributed by atoms with Crippen molar-refractivity contribution in [2.45, 2.75) is 30.8 Å². The van der Waals surface area contributed by atoms with E-state index < -0.39 is 6.17 Å². The summed E-state index contributed by atoms with van der Waals surface area (Å²) >= 11 is 5.76. The summed E-state index contributed by atoms with van der Waals surface area (Å²) in [5, 5.41) is 8.35. The molecule has 3 atom stereocenters. The summed E-state index contributed by atoms with van der Waals surface area (Å²) in [6, 6.07) is 2.01. The molecule has 1 nitrogen and oxygen atoms in total. The molecular formula is C7H9ClFN. The molecule has 3 unspecified atom stereocenters. The maximum absolute atomic E-state index is 12.6. The van der Waals surface area contributed by atoms with Crippen LogP contribution in [0.5, 0.6) is 0 Å². The van der Waals surface area contributed by atoms with Crippen LogP contribution in [0.1, 0.15) is 19.3 Å². The van der Waals surface area contributed by atoms with E-state index in [0.717, 1.165) is 0 Å². The molecule has 1 aliphatic carbocycles. The molecule has 0 heterocycles. The number of hydrogen-bond acceptors (Lipinski definition) is 1. The molecule has 3 heteroatoms. The van der Waals surface area contributed by atoms with Gasteiger partial charge in [0, 0.05) is 5.38 Å². The van der Waals surface area contributed by atoms with Crippen LogP contribution in [-0.4, -0.2) is 11.5 Å². The molecule has 10 heavy (non-hydrogen) atoms. The number of nitrogens with zero attached hydrogens (tertiary/aromatic N) is 1. The van der Waals surface area contributed by atoms with Gasteiger partial charge in [0.25, 0.3) is 0 Å². The molecule has 0 saturated heterocycles. The molecule has 0 aromatic heterocycles. The second-order valence-electron chi connectivity index (χ2n) is 2.66. The van der Waals surface area contributed by atoms with Crippen molar-refractivity contribution in [3.63, 3.8) is 0 Å². The number of halogens is 2. The molecule has 0 N–H and O–H groups in total. The first-order chi connectivity index (χ1) is 4.74. The summed E-state index contributed by atoms with van der Waals surface area (Å²) in [4.78, 5) is 0. The van der Waals surface area contributed by atoms with Crippen molar-refractivity contribution in [1.29, 1.82) is 5.26 Å². The van der Waals surface area contributed by atoms with E-state index in [-0.39, 0.29) is 11.3 Å². The maximum Gasteiger partial charge on any atom is 0.101 e. The van der Waals surface area contributed by atoms with Crippen LogP contribution in [-0.2, 0) is 0 Å². The molecule has 56 valence electrons. The first kappa shape index (κ1) is 7.81. The molecule has 0 aromatic carbocycles. The molecule has 0 amide bonds. The molecule has 1 rings (SSSR count). The van der Waals surface area contributed by atoms with Gasteiger partial charge in [-0.2, -0.15) is 5.26 Å². The number of alkyl halides is 2. The van der Waals surface area contributed by atoms with Crippen LogP contribution in [0, 0.1) is 17.2 Å². The van der Waals surface area contributed by atoms with E-state index in [2.05, 4.69) is 0 Å². The second-order valence-corrected chi connectivity index (χ2v) is 3.22. The average Bonchev–Trinajstić information content (AvgIpc) is 1.94. The lowest BCUT2D eigenvalue weighted by molar-refractivity contribution is 0.226. The quantitative estimate of drug-likeness (QED) is 0.500. The normalized spacial score (nSPS) is 40.7. The molecular weight excluding hydrogens is 153 g/mol. The van der Waals surface area contributed by atoms with Crippen LogP contribution in [0.3, 0.4) is 0 Å². The largest absolute Gasteiger partial charge is 0.247 e. The number of nitriles is 1. The van der Waals surface area contributed by atoms with Crippen LogP contribution < -0.4 is 0 Å². The molecule has 0 aromatic rings. The van der Waals surface area contributed by atoms with E-state index in [4.69, 9.17) is 16.9 Å². The summed E-state index contributed by atoms with van der Waals surface area (Å²) < 4.78 is 12.6. The van der Waals surface area contributed by atoms with Gasteiger partial charge in [-0.05, 0) is 19.3 Å². The van der Waals surface area contributed by atoms with Gasteiger partial charge in [0.2, 0.25) is 0 Å². The monoisotopic (exact) mass is 161 g/mol. The third-order valence-corrected chi connectivity index (χ3v) is 2.39. The Labute approximate surface area is 64.8 Å². The SMILES string of the molecule is N#CC1CC(F)CCC1Cl. The first-order valence-corrected chi connectivity index (χ1v) is 3.85. The summed E-state index contributed by atoms with van der Waals surface area (Å²) in [6.07, 6.45) is 0.678. The highest BCUT2D eigenvalue weighted by Gasteiger charge is 2.28. The minimum Gasteiger partial charge on any atom is -0.247 e. The fourth-order valence-electron chi connectivity index (χ4n) is 1.22. The third kappa shape index (κ3) is 1.60.